The number of hydrogen-bond acceptors (Lipinski definition) is 3. The molecule has 5 heteroatoms. The van der Waals surface area contributed by atoms with Gasteiger partial charge in [-0.1, -0.05) is 18.2 Å². The molecule has 3 rings (SSSR count). The molecule has 0 unspecified atom stereocenters. The summed E-state index contributed by atoms with van der Waals surface area (Å²) in [5.41, 5.74) is 1.14. The zero-order chi connectivity index (χ0) is 19.1. The summed E-state index contributed by atoms with van der Waals surface area (Å²) in [5, 5.41) is 0. The van der Waals surface area contributed by atoms with Crippen LogP contribution in [0.15, 0.2) is 48.5 Å². The van der Waals surface area contributed by atoms with Gasteiger partial charge in [-0.05, 0) is 61.4 Å². The van der Waals surface area contributed by atoms with Crippen LogP contribution >= 0.6 is 0 Å². The molecular formula is C22H26FNO3. The number of halogens is 1. The largest absolute Gasteiger partial charge is 0.497 e. The summed E-state index contributed by atoms with van der Waals surface area (Å²) < 4.78 is 23.8. The Labute approximate surface area is 159 Å². The molecule has 0 radical (unpaired) electrons. The lowest BCUT2D eigenvalue weighted by molar-refractivity contribution is -0.135. The van der Waals surface area contributed by atoms with E-state index >= 15 is 0 Å². The number of ether oxygens (including phenoxy) is 2. The van der Waals surface area contributed by atoms with Crippen molar-refractivity contribution in [3.8, 4) is 11.5 Å². The van der Waals surface area contributed by atoms with Crippen LogP contribution in [0, 0.1) is 11.7 Å². The second-order valence-corrected chi connectivity index (χ2v) is 6.98. The number of carbonyl (C=O) groups is 1. The van der Waals surface area contributed by atoms with Gasteiger partial charge in [-0.3, -0.25) is 4.79 Å². The standard InChI is InChI=1S/C22H26FNO3/c1-26-20-5-2-6-21(14-20)27-16-22(25)24-13-3-4-18(15-24)8-7-17-9-11-19(23)12-10-17/h2,5-6,9-12,14,18H,3-4,7-8,13,15-16H2,1H3/t18-/m1/s1. The zero-order valence-electron chi connectivity index (χ0n) is 15.7. The number of amides is 1. The molecule has 1 amide bonds. The number of piperidine rings is 1. The SMILES string of the molecule is COc1cccc(OCC(=O)N2CCC[C@H](CCc3ccc(F)cc3)C2)c1. The molecule has 1 saturated heterocycles. The van der Waals surface area contributed by atoms with Crippen LogP contribution in [-0.2, 0) is 11.2 Å². The fourth-order valence-electron chi connectivity index (χ4n) is 3.48. The van der Waals surface area contributed by atoms with Gasteiger partial charge in [-0.2, -0.15) is 0 Å². The van der Waals surface area contributed by atoms with E-state index in [0.29, 0.717) is 17.4 Å². The fourth-order valence-corrected chi connectivity index (χ4v) is 3.48. The van der Waals surface area contributed by atoms with Crippen molar-refractivity contribution in [2.75, 3.05) is 26.8 Å². The van der Waals surface area contributed by atoms with Gasteiger partial charge in [0.15, 0.2) is 6.61 Å². The van der Waals surface area contributed by atoms with E-state index in [-0.39, 0.29) is 18.3 Å². The molecule has 0 N–H and O–H groups in total. The number of carbonyl (C=O) groups excluding carboxylic acids is 1. The van der Waals surface area contributed by atoms with Crippen molar-refractivity contribution in [1.29, 1.82) is 0 Å². The molecule has 2 aromatic rings. The van der Waals surface area contributed by atoms with Crippen molar-refractivity contribution >= 4 is 5.91 Å². The van der Waals surface area contributed by atoms with Gasteiger partial charge in [0, 0.05) is 19.2 Å². The van der Waals surface area contributed by atoms with Crippen LogP contribution in [0.3, 0.4) is 0 Å². The number of benzene rings is 2. The van der Waals surface area contributed by atoms with Gasteiger partial charge >= 0.3 is 0 Å². The number of rotatable bonds is 7. The second kappa shape index (κ2) is 9.40. The second-order valence-electron chi connectivity index (χ2n) is 6.98. The summed E-state index contributed by atoms with van der Waals surface area (Å²) in [6.45, 7) is 1.59. The minimum atomic E-state index is -0.204. The third kappa shape index (κ3) is 5.71. The molecule has 0 bridgehead atoms. The molecule has 1 fully saturated rings. The molecule has 0 saturated carbocycles. The average molecular weight is 371 g/mol. The first kappa shape index (κ1) is 19.2. The molecule has 1 heterocycles. The predicted molar refractivity (Wildman–Crippen MR) is 103 cm³/mol. The van der Waals surface area contributed by atoms with E-state index in [9.17, 15) is 9.18 Å². The van der Waals surface area contributed by atoms with Gasteiger partial charge < -0.3 is 14.4 Å². The van der Waals surface area contributed by atoms with Crippen LogP contribution in [0.2, 0.25) is 0 Å². The maximum Gasteiger partial charge on any atom is 0.260 e. The monoisotopic (exact) mass is 371 g/mol. The molecule has 1 aliphatic rings. The molecule has 0 spiro atoms. The first-order valence-electron chi connectivity index (χ1n) is 9.43. The first-order valence-corrected chi connectivity index (χ1v) is 9.43. The lowest BCUT2D eigenvalue weighted by Crippen LogP contribution is -2.42. The summed E-state index contributed by atoms with van der Waals surface area (Å²) in [6, 6.07) is 13.9. The normalized spacial score (nSPS) is 16.8. The number of nitrogens with zero attached hydrogens (tertiary/aromatic N) is 1. The molecule has 4 nitrogen and oxygen atoms in total. The first-order chi connectivity index (χ1) is 13.1. The van der Waals surface area contributed by atoms with Crippen LogP contribution in [0.5, 0.6) is 11.5 Å². The van der Waals surface area contributed by atoms with E-state index in [2.05, 4.69) is 0 Å². The third-order valence-electron chi connectivity index (χ3n) is 5.03. The lowest BCUT2D eigenvalue weighted by atomic mass is 9.91. The number of likely N-dealkylation sites (tertiary alicyclic amines) is 1. The summed E-state index contributed by atoms with van der Waals surface area (Å²) in [7, 11) is 1.60. The van der Waals surface area contributed by atoms with Crippen molar-refractivity contribution in [1.82, 2.24) is 4.90 Å². The van der Waals surface area contributed by atoms with E-state index in [1.54, 1.807) is 13.2 Å². The number of aryl methyl sites for hydroxylation is 1. The number of methoxy groups -OCH3 is 1. The highest BCUT2D eigenvalue weighted by molar-refractivity contribution is 5.77. The Balaban J connectivity index is 1.46. The predicted octanol–water partition coefficient (Wildman–Crippen LogP) is 4.08. The van der Waals surface area contributed by atoms with Crippen molar-refractivity contribution in [3.63, 3.8) is 0 Å². The maximum absolute atomic E-state index is 13.0. The zero-order valence-corrected chi connectivity index (χ0v) is 15.7. The van der Waals surface area contributed by atoms with Crippen molar-refractivity contribution in [2.45, 2.75) is 25.7 Å². The Morgan fingerprint density at radius 1 is 1.19 bits per heavy atom. The Morgan fingerprint density at radius 2 is 1.96 bits per heavy atom. The molecule has 27 heavy (non-hydrogen) atoms. The van der Waals surface area contributed by atoms with Crippen molar-refractivity contribution in [3.05, 3.63) is 59.9 Å². The molecule has 0 aliphatic carbocycles. The Hall–Kier alpha value is -2.56. The van der Waals surface area contributed by atoms with Gasteiger partial charge in [0.05, 0.1) is 7.11 Å². The molecule has 0 aromatic heterocycles. The Bertz CT molecular complexity index is 747. The maximum atomic E-state index is 13.0. The summed E-state index contributed by atoms with van der Waals surface area (Å²) in [5.74, 6) is 1.63. The van der Waals surface area contributed by atoms with Crippen molar-refractivity contribution < 1.29 is 18.7 Å². The van der Waals surface area contributed by atoms with E-state index < -0.39 is 0 Å². The van der Waals surface area contributed by atoms with E-state index in [4.69, 9.17) is 9.47 Å². The summed E-state index contributed by atoms with van der Waals surface area (Å²) >= 11 is 0. The lowest BCUT2D eigenvalue weighted by Gasteiger charge is -2.32. The van der Waals surface area contributed by atoms with Gasteiger partial charge in [0.2, 0.25) is 0 Å². The highest BCUT2D eigenvalue weighted by Crippen LogP contribution is 2.23. The van der Waals surface area contributed by atoms with Gasteiger partial charge in [-0.25, -0.2) is 4.39 Å². The van der Waals surface area contributed by atoms with E-state index in [1.165, 1.54) is 12.1 Å². The van der Waals surface area contributed by atoms with Gasteiger partial charge in [-0.15, -0.1) is 0 Å². The molecule has 144 valence electrons. The molecule has 1 atom stereocenters. The van der Waals surface area contributed by atoms with Gasteiger partial charge in [0.25, 0.3) is 5.91 Å². The van der Waals surface area contributed by atoms with Gasteiger partial charge in [0.1, 0.15) is 17.3 Å². The highest BCUT2D eigenvalue weighted by atomic mass is 19.1. The van der Waals surface area contributed by atoms with E-state index in [0.717, 1.165) is 44.3 Å². The smallest absolute Gasteiger partial charge is 0.260 e. The molecule has 1 aliphatic heterocycles. The van der Waals surface area contributed by atoms with Crippen LogP contribution in [0.1, 0.15) is 24.8 Å². The topological polar surface area (TPSA) is 38.8 Å². The summed E-state index contributed by atoms with van der Waals surface area (Å²) in [4.78, 5) is 14.4. The highest BCUT2D eigenvalue weighted by Gasteiger charge is 2.23. The fraction of sp³-hybridized carbons (Fsp3) is 0.409. The summed E-state index contributed by atoms with van der Waals surface area (Å²) in [6.07, 6.45) is 4.06. The quantitative estimate of drug-likeness (QED) is 0.736. The van der Waals surface area contributed by atoms with Crippen LogP contribution in [-0.4, -0.2) is 37.6 Å². The van der Waals surface area contributed by atoms with Crippen molar-refractivity contribution in [2.24, 2.45) is 5.92 Å². The molecule has 2 aromatic carbocycles. The minimum Gasteiger partial charge on any atom is -0.497 e. The third-order valence-corrected chi connectivity index (χ3v) is 5.03. The Kier molecular flexibility index (Phi) is 6.69. The van der Waals surface area contributed by atoms with Crippen LogP contribution < -0.4 is 9.47 Å². The molecular weight excluding hydrogens is 345 g/mol. The van der Waals surface area contributed by atoms with Crippen LogP contribution in [0.25, 0.3) is 0 Å². The van der Waals surface area contributed by atoms with Crippen LogP contribution in [0.4, 0.5) is 4.39 Å². The average Bonchev–Trinajstić information content (AvgIpc) is 2.72. The van der Waals surface area contributed by atoms with E-state index in [1.807, 2.05) is 35.2 Å². The number of hydrogen-bond donors (Lipinski definition) is 0. The Morgan fingerprint density at radius 3 is 2.74 bits per heavy atom. The minimum absolute atomic E-state index is 0.0179.